The number of carbonyl (C=O) groups excluding carboxylic acids is 1. The van der Waals surface area contributed by atoms with Gasteiger partial charge in [0.1, 0.15) is 0 Å². The van der Waals surface area contributed by atoms with E-state index in [9.17, 15) is 4.79 Å². The van der Waals surface area contributed by atoms with E-state index in [0.29, 0.717) is 46.9 Å². The summed E-state index contributed by atoms with van der Waals surface area (Å²) in [6.45, 7) is 4.86. The zero-order valence-electron chi connectivity index (χ0n) is 14.1. The number of hydrogen-bond donors (Lipinski definition) is 1. The van der Waals surface area contributed by atoms with Crippen LogP contribution in [-0.2, 0) is 4.79 Å². The molecule has 1 unspecified atom stereocenters. The highest BCUT2D eigenvalue weighted by Gasteiger charge is 2.30. The second-order valence-corrected chi connectivity index (χ2v) is 6.49. The van der Waals surface area contributed by atoms with Gasteiger partial charge in [0.05, 0.1) is 23.3 Å². The third kappa shape index (κ3) is 3.55. The van der Waals surface area contributed by atoms with Gasteiger partial charge in [0, 0.05) is 24.1 Å². The van der Waals surface area contributed by atoms with Gasteiger partial charge in [-0.05, 0) is 37.1 Å². The highest BCUT2D eigenvalue weighted by Crippen LogP contribution is 2.45. The lowest BCUT2D eigenvalue weighted by atomic mass is 9.84. The fourth-order valence-corrected chi connectivity index (χ4v) is 3.51. The van der Waals surface area contributed by atoms with Crippen LogP contribution in [0.3, 0.4) is 0 Å². The molecule has 132 valence electrons. The van der Waals surface area contributed by atoms with E-state index in [1.54, 1.807) is 6.07 Å². The molecule has 1 amide bonds. The third-order valence-electron chi connectivity index (χ3n) is 4.11. The zero-order valence-corrected chi connectivity index (χ0v) is 15.6. The van der Waals surface area contributed by atoms with Crippen LogP contribution in [0.15, 0.2) is 30.3 Å². The van der Waals surface area contributed by atoms with Gasteiger partial charge in [0.25, 0.3) is 0 Å². The van der Waals surface area contributed by atoms with Gasteiger partial charge in [0.2, 0.25) is 5.91 Å². The lowest BCUT2D eigenvalue weighted by Gasteiger charge is -2.28. The number of nitrogens with one attached hydrogen (secondary N) is 1. The van der Waals surface area contributed by atoms with E-state index in [0.717, 1.165) is 11.1 Å². The molecule has 1 atom stereocenters. The highest BCUT2D eigenvalue weighted by atomic mass is 35.5. The summed E-state index contributed by atoms with van der Waals surface area (Å²) >= 11 is 12.6. The molecular weight excluding hydrogens is 361 g/mol. The van der Waals surface area contributed by atoms with Crippen LogP contribution in [0.4, 0.5) is 5.69 Å². The summed E-state index contributed by atoms with van der Waals surface area (Å²) in [6, 6.07) is 9.21. The third-order valence-corrected chi connectivity index (χ3v) is 4.94. The predicted octanol–water partition coefficient (Wildman–Crippen LogP) is 5.26. The van der Waals surface area contributed by atoms with Crippen molar-refractivity contribution in [2.75, 3.05) is 18.5 Å². The normalized spacial score (nSPS) is 16.2. The quantitative estimate of drug-likeness (QED) is 0.769. The van der Waals surface area contributed by atoms with Crippen LogP contribution in [0, 0.1) is 0 Å². The fourth-order valence-electron chi connectivity index (χ4n) is 3.07. The van der Waals surface area contributed by atoms with Crippen LogP contribution in [0.5, 0.6) is 11.5 Å². The van der Waals surface area contributed by atoms with Crippen molar-refractivity contribution < 1.29 is 14.3 Å². The first kappa shape index (κ1) is 17.9. The van der Waals surface area contributed by atoms with E-state index < -0.39 is 0 Å². The number of ether oxygens (including phenoxy) is 2. The Morgan fingerprint density at radius 3 is 2.44 bits per heavy atom. The Bertz CT molecular complexity index is 807. The Morgan fingerprint density at radius 1 is 1.08 bits per heavy atom. The average molecular weight is 380 g/mol. The highest BCUT2D eigenvalue weighted by molar-refractivity contribution is 6.42. The Kier molecular flexibility index (Phi) is 5.40. The summed E-state index contributed by atoms with van der Waals surface area (Å²) in [6.07, 6.45) is 0.298. The van der Waals surface area contributed by atoms with Crippen molar-refractivity contribution >= 4 is 34.8 Å². The summed E-state index contributed by atoms with van der Waals surface area (Å²) in [5.74, 6) is 1.01. The van der Waals surface area contributed by atoms with Gasteiger partial charge in [-0.25, -0.2) is 0 Å². The number of fused-ring (bicyclic) bond motifs is 1. The van der Waals surface area contributed by atoms with Gasteiger partial charge in [-0.3, -0.25) is 4.79 Å². The molecule has 0 fully saturated rings. The van der Waals surface area contributed by atoms with Crippen LogP contribution in [0.25, 0.3) is 0 Å². The maximum Gasteiger partial charge on any atom is 0.225 e. The van der Waals surface area contributed by atoms with Crippen LogP contribution < -0.4 is 14.8 Å². The molecule has 0 saturated carbocycles. The molecule has 4 nitrogen and oxygen atoms in total. The summed E-state index contributed by atoms with van der Waals surface area (Å²) < 4.78 is 11.4. The first-order chi connectivity index (χ1) is 12.0. The number of rotatable bonds is 5. The Labute approximate surface area is 157 Å². The maximum atomic E-state index is 12.2. The van der Waals surface area contributed by atoms with E-state index in [4.69, 9.17) is 32.7 Å². The predicted molar refractivity (Wildman–Crippen MR) is 100 cm³/mol. The van der Waals surface area contributed by atoms with Crippen molar-refractivity contribution in [3.8, 4) is 11.5 Å². The second-order valence-electron chi connectivity index (χ2n) is 5.70. The van der Waals surface area contributed by atoms with E-state index in [1.165, 1.54) is 0 Å². The standard InChI is InChI=1S/C19H19Cl2NO3/c1-3-24-16-8-13-12(11-6-5-7-14(20)19(11)21)9-18(23)22-15(13)10-17(16)25-4-2/h5-8,10,12H,3-4,9H2,1-2H3,(H,22,23). The molecule has 3 rings (SSSR count). The molecule has 1 aliphatic rings. The number of halogens is 2. The van der Waals surface area contributed by atoms with Crippen LogP contribution in [0.2, 0.25) is 10.0 Å². The van der Waals surface area contributed by atoms with Gasteiger partial charge in [-0.2, -0.15) is 0 Å². The van der Waals surface area contributed by atoms with Crippen LogP contribution >= 0.6 is 23.2 Å². The SMILES string of the molecule is CCOc1cc2c(cc1OCC)C(c1cccc(Cl)c1Cl)CC(=O)N2. The molecule has 0 bridgehead atoms. The number of carbonyl (C=O) groups is 1. The Balaban J connectivity index is 2.14. The van der Waals surface area contributed by atoms with E-state index in [-0.39, 0.29) is 11.8 Å². The molecule has 1 heterocycles. The molecule has 1 aliphatic heterocycles. The number of amides is 1. The summed E-state index contributed by atoms with van der Waals surface area (Å²) in [4.78, 5) is 12.2. The van der Waals surface area contributed by atoms with Gasteiger partial charge >= 0.3 is 0 Å². The molecule has 2 aromatic rings. The van der Waals surface area contributed by atoms with E-state index in [1.807, 2.05) is 38.1 Å². The van der Waals surface area contributed by atoms with Crippen LogP contribution in [0.1, 0.15) is 37.3 Å². The lowest BCUT2D eigenvalue weighted by molar-refractivity contribution is -0.116. The average Bonchev–Trinajstić information content (AvgIpc) is 2.58. The second kappa shape index (κ2) is 7.54. The first-order valence-corrected chi connectivity index (χ1v) is 8.98. The molecule has 0 radical (unpaired) electrons. The minimum atomic E-state index is -0.190. The van der Waals surface area contributed by atoms with Gasteiger partial charge in [-0.15, -0.1) is 0 Å². The lowest BCUT2D eigenvalue weighted by Crippen LogP contribution is -2.24. The fraction of sp³-hybridized carbons (Fsp3) is 0.316. The molecular formula is C19H19Cl2NO3. The molecule has 1 N–H and O–H groups in total. The molecule has 0 saturated heterocycles. The van der Waals surface area contributed by atoms with E-state index in [2.05, 4.69) is 5.32 Å². The molecule has 0 aliphatic carbocycles. The van der Waals surface area contributed by atoms with Crippen molar-refractivity contribution in [2.45, 2.75) is 26.2 Å². The Hall–Kier alpha value is -1.91. The number of benzene rings is 2. The summed E-state index contributed by atoms with van der Waals surface area (Å²) in [7, 11) is 0. The largest absolute Gasteiger partial charge is 0.490 e. The maximum absolute atomic E-state index is 12.2. The summed E-state index contributed by atoms with van der Waals surface area (Å²) in [5, 5.41) is 3.86. The molecule has 0 spiro atoms. The molecule has 0 aromatic heterocycles. The van der Waals surface area contributed by atoms with Gasteiger partial charge in [0.15, 0.2) is 11.5 Å². The van der Waals surface area contributed by atoms with Crippen LogP contribution in [-0.4, -0.2) is 19.1 Å². The van der Waals surface area contributed by atoms with Gasteiger partial charge < -0.3 is 14.8 Å². The van der Waals surface area contributed by atoms with E-state index >= 15 is 0 Å². The number of anilines is 1. The van der Waals surface area contributed by atoms with Crippen molar-refractivity contribution in [1.82, 2.24) is 0 Å². The van der Waals surface area contributed by atoms with Crippen molar-refractivity contribution in [3.63, 3.8) is 0 Å². The first-order valence-electron chi connectivity index (χ1n) is 8.22. The van der Waals surface area contributed by atoms with Crippen molar-refractivity contribution in [2.24, 2.45) is 0 Å². The molecule has 25 heavy (non-hydrogen) atoms. The monoisotopic (exact) mass is 379 g/mol. The topological polar surface area (TPSA) is 47.6 Å². The molecule has 2 aromatic carbocycles. The number of hydrogen-bond acceptors (Lipinski definition) is 3. The minimum absolute atomic E-state index is 0.0693. The molecule has 6 heteroatoms. The van der Waals surface area contributed by atoms with Crippen molar-refractivity contribution in [3.05, 3.63) is 51.5 Å². The smallest absolute Gasteiger partial charge is 0.225 e. The zero-order chi connectivity index (χ0) is 18.0. The van der Waals surface area contributed by atoms with Crippen molar-refractivity contribution in [1.29, 1.82) is 0 Å². The minimum Gasteiger partial charge on any atom is -0.490 e. The van der Waals surface area contributed by atoms with Gasteiger partial charge in [-0.1, -0.05) is 35.3 Å². The summed E-state index contributed by atoms with van der Waals surface area (Å²) in [5.41, 5.74) is 2.48. The Morgan fingerprint density at radius 2 is 1.76 bits per heavy atom.